The van der Waals surface area contributed by atoms with Crippen molar-refractivity contribution in [1.82, 2.24) is 4.98 Å². The zero-order valence-corrected chi connectivity index (χ0v) is 8.69. The number of nitrogens with zero attached hydrogens (tertiary/aromatic N) is 2. The van der Waals surface area contributed by atoms with Crippen LogP contribution in [0.3, 0.4) is 0 Å². The van der Waals surface area contributed by atoms with Gasteiger partial charge in [0.05, 0.1) is 12.5 Å². The number of allylic oxidation sites excluding steroid dienone is 2. The van der Waals surface area contributed by atoms with E-state index < -0.39 is 0 Å². The van der Waals surface area contributed by atoms with E-state index in [1.165, 1.54) is 17.6 Å². The fraction of sp³-hybridized carbons (Fsp3) is 0.385. The average Bonchev–Trinajstić information content (AvgIpc) is 2.31. The minimum atomic E-state index is 0.446. The molecule has 2 rings (SSSR count). The second kappa shape index (κ2) is 4.75. The molecule has 1 unspecified atom stereocenters. The summed E-state index contributed by atoms with van der Waals surface area (Å²) >= 11 is 0. The van der Waals surface area contributed by atoms with Crippen LogP contribution in [-0.2, 0) is 0 Å². The molecule has 1 heterocycles. The molecule has 0 radical (unpaired) electrons. The molecule has 0 bridgehead atoms. The van der Waals surface area contributed by atoms with E-state index in [1.807, 2.05) is 12.4 Å². The summed E-state index contributed by atoms with van der Waals surface area (Å²) in [6, 6.07) is 6.37. The van der Waals surface area contributed by atoms with Gasteiger partial charge in [0.25, 0.3) is 0 Å². The van der Waals surface area contributed by atoms with Gasteiger partial charge in [-0.3, -0.25) is 4.98 Å². The van der Waals surface area contributed by atoms with Crippen molar-refractivity contribution in [2.75, 3.05) is 0 Å². The molecule has 0 aromatic carbocycles. The minimum Gasteiger partial charge on any atom is -0.265 e. The standard InChI is InChI=1S/C13H14N2/c14-8-5-11-3-1-2-4-13(11)12-6-9-15-10-7-12/h3,6-7,9-10,13H,1-2,4-5H2. The zero-order valence-electron chi connectivity index (χ0n) is 8.69. The van der Waals surface area contributed by atoms with Crippen molar-refractivity contribution in [1.29, 1.82) is 5.26 Å². The summed E-state index contributed by atoms with van der Waals surface area (Å²) in [5.74, 6) is 0.446. The first-order valence-corrected chi connectivity index (χ1v) is 5.37. The lowest BCUT2D eigenvalue weighted by molar-refractivity contribution is 0.614. The Kier molecular flexibility index (Phi) is 3.14. The maximum Gasteiger partial charge on any atom is 0.0666 e. The summed E-state index contributed by atoms with van der Waals surface area (Å²) in [5, 5.41) is 8.78. The third-order valence-corrected chi connectivity index (χ3v) is 2.94. The summed E-state index contributed by atoms with van der Waals surface area (Å²) in [7, 11) is 0. The van der Waals surface area contributed by atoms with Crippen LogP contribution in [0.1, 0.15) is 37.2 Å². The molecule has 1 atom stereocenters. The van der Waals surface area contributed by atoms with E-state index >= 15 is 0 Å². The van der Waals surface area contributed by atoms with Crippen LogP contribution in [0.25, 0.3) is 0 Å². The van der Waals surface area contributed by atoms with Gasteiger partial charge in [-0.15, -0.1) is 0 Å². The van der Waals surface area contributed by atoms with Crippen molar-refractivity contribution in [3.63, 3.8) is 0 Å². The SMILES string of the molecule is N#CCC1=CCCCC1c1ccncc1. The van der Waals surface area contributed by atoms with E-state index in [0.717, 1.165) is 12.8 Å². The molecule has 0 saturated carbocycles. The van der Waals surface area contributed by atoms with Crippen molar-refractivity contribution in [3.8, 4) is 6.07 Å². The monoisotopic (exact) mass is 198 g/mol. The summed E-state index contributed by atoms with van der Waals surface area (Å²) in [6.07, 6.45) is 9.96. The van der Waals surface area contributed by atoms with Crippen LogP contribution < -0.4 is 0 Å². The Balaban J connectivity index is 2.24. The number of hydrogen-bond acceptors (Lipinski definition) is 2. The molecule has 0 aliphatic heterocycles. The number of hydrogen-bond donors (Lipinski definition) is 0. The number of pyridine rings is 1. The molecule has 2 nitrogen and oxygen atoms in total. The second-order valence-electron chi connectivity index (χ2n) is 3.88. The summed E-state index contributed by atoms with van der Waals surface area (Å²) < 4.78 is 0. The van der Waals surface area contributed by atoms with Gasteiger partial charge in [-0.05, 0) is 37.0 Å². The van der Waals surface area contributed by atoms with Gasteiger partial charge in [-0.25, -0.2) is 0 Å². The quantitative estimate of drug-likeness (QED) is 0.684. The lowest BCUT2D eigenvalue weighted by atomic mass is 9.82. The molecule has 2 heteroatoms. The highest BCUT2D eigenvalue weighted by Gasteiger charge is 2.18. The molecule has 15 heavy (non-hydrogen) atoms. The fourth-order valence-electron chi connectivity index (χ4n) is 2.20. The Morgan fingerprint density at radius 1 is 1.40 bits per heavy atom. The Labute approximate surface area is 90.3 Å². The largest absolute Gasteiger partial charge is 0.265 e. The number of nitriles is 1. The highest BCUT2D eigenvalue weighted by atomic mass is 14.6. The first kappa shape index (κ1) is 9.92. The normalized spacial score (nSPS) is 20.5. The molecular weight excluding hydrogens is 184 g/mol. The number of rotatable bonds is 2. The van der Waals surface area contributed by atoms with Gasteiger partial charge in [0.1, 0.15) is 0 Å². The second-order valence-corrected chi connectivity index (χ2v) is 3.88. The molecule has 0 saturated heterocycles. The van der Waals surface area contributed by atoms with Gasteiger partial charge in [0.2, 0.25) is 0 Å². The van der Waals surface area contributed by atoms with E-state index in [1.54, 1.807) is 0 Å². The van der Waals surface area contributed by atoms with Crippen LogP contribution in [0, 0.1) is 11.3 Å². The highest BCUT2D eigenvalue weighted by molar-refractivity contribution is 5.30. The predicted octanol–water partition coefficient (Wildman–Crippen LogP) is 3.19. The summed E-state index contributed by atoms with van der Waals surface area (Å²) in [4.78, 5) is 4.03. The van der Waals surface area contributed by atoms with Crippen molar-refractivity contribution < 1.29 is 0 Å². The van der Waals surface area contributed by atoms with Crippen LogP contribution in [0.5, 0.6) is 0 Å². The maximum atomic E-state index is 8.78. The van der Waals surface area contributed by atoms with Gasteiger partial charge in [0, 0.05) is 18.3 Å². The van der Waals surface area contributed by atoms with Crippen molar-refractivity contribution >= 4 is 0 Å². The van der Waals surface area contributed by atoms with Crippen LogP contribution in [0.2, 0.25) is 0 Å². The summed E-state index contributed by atoms with van der Waals surface area (Å²) in [6.45, 7) is 0. The minimum absolute atomic E-state index is 0.446. The molecule has 1 aliphatic rings. The van der Waals surface area contributed by atoms with Crippen molar-refractivity contribution in [2.24, 2.45) is 0 Å². The predicted molar refractivity (Wildman–Crippen MR) is 59.1 cm³/mol. The zero-order chi connectivity index (χ0) is 10.5. The van der Waals surface area contributed by atoms with E-state index in [9.17, 15) is 0 Å². The third-order valence-electron chi connectivity index (χ3n) is 2.94. The molecule has 76 valence electrons. The lowest BCUT2D eigenvalue weighted by Crippen LogP contribution is -2.06. The van der Waals surface area contributed by atoms with Crippen LogP contribution in [0.15, 0.2) is 36.2 Å². The first-order chi connectivity index (χ1) is 7.42. The Hall–Kier alpha value is -1.62. The summed E-state index contributed by atoms with van der Waals surface area (Å²) in [5.41, 5.74) is 2.58. The van der Waals surface area contributed by atoms with Gasteiger partial charge in [-0.1, -0.05) is 11.6 Å². The molecule has 0 N–H and O–H groups in total. The molecule has 0 fully saturated rings. The molecule has 1 aliphatic carbocycles. The molecule has 0 spiro atoms. The van der Waals surface area contributed by atoms with Crippen LogP contribution >= 0.6 is 0 Å². The van der Waals surface area contributed by atoms with E-state index in [-0.39, 0.29) is 0 Å². The van der Waals surface area contributed by atoms with Gasteiger partial charge in [-0.2, -0.15) is 5.26 Å². The van der Waals surface area contributed by atoms with Crippen LogP contribution in [-0.4, -0.2) is 4.98 Å². The topological polar surface area (TPSA) is 36.7 Å². The van der Waals surface area contributed by atoms with E-state index in [4.69, 9.17) is 5.26 Å². The number of aromatic nitrogens is 1. The van der Waals surface area contributed by atoms with Gasteiger partial charge >= 0.3 is 0 Å². The molecule has 1 aromatic heterocycles. The Morgan fingerprint density at radius 3 is 2.93 bits per heavy atom. The Morgan fingerprint density at radius 2 is 2.20 bits per heavy atom. The molecule has 0 amide bonds. The van der Waals surface area contributed by atoms with E-state index in [0.29, 0.717) is 12.3 Å². The van der Waals surface area contributed by atoms with Crippen molar-refractivity contribution in [3.05, 3.63) is 41.7 Å². The first-order valence-electron chi connectivity index (χ1n) is 5.37. The molecular formula is C13H14N2. The Bertz CT molecular complexity index is 387. The van der Waals surface area contributed by atoms with Gasteiger partial charge < -0.3 is 0 Å². The maximum absolute atomic E-state index is 8.78. The smallest absolute Gasteiger partial charge is 0.0666 e. The lowest BCUT2D eigenvalue weighted by Gasteiger charge is -2.23. The van der Waals surface area contributed by atoms with Crippen LogP contribution in [0.4, 0.5) is 0 Å². The highest BCUT2D eigenvalue weighted by Crippen LogP contribution is 2.34. The van der Waals surface area contributed by atoms with Gasteiger partial charge in [0.15, 0.2) is 0 Å². The molecule has 1 aromatic rings. The average molecular weight is 198 g/mol. The van der Waals surface area contributed by atoms with Crippen molar-refractivity contribution in [2.45, 2.75) is 31.6 Å². The van der Waals surface area contributed by atoms with E-state index in [2.05, 4.69) is 29.3 Å². The fourth-order valence-corrected chi connectivity index (χ4v) is 2.20. The third kappa shape index (κ3) is 2.24.